The van der Waals surface area contributed by atoms with Crippen molar-refractivity contribution in [1.29, 1.82) is 0 Å². The van der Waals surface area contributed by atoms with Gasteiger partial charge in [-0.1, -0.05) is 26.2 Å². The number of hydrogen-bond acceptors (Lipinski definition) is 6. The predicted octanol–water partition coefficient (Wildman–Crippen LogP) is 3.55. The van der Waals surface area contributed by atoms with Gasteiger partial charge in [0.25, 0.3) is 5.88 Å². The second-order valence-corrected chi connectivity index (χ2v) is 4.94. The molecule has 1 atom stereocenters. The maximum absolute atomic E-state index is 11.2. The smallest absolute Gasteiger partial charge is 0.372 e. The maximum Gasteiger partial charge on any atom is 0.372 e. The van der Waals surface area contributed by atoms with E-state index in [2.05, 4.69) is 22.2 Å². The topological polar surface area (TPSA) is 90.2 Å². The molecule has 0 aliphatic heterocycles. The highest BCUT2D eigenvalue weighted by Crippen LogP contribution is 2.31. The lowest BCUT2D eigenvalue weighted by atomic mass is 10.1. The number of nitrogens with one attached hydrogen (secondary N) is 1. The van der Waals surface area contributed by atoms with Crippen molar-refractivity contribution >= 4 is 11.5 Å². The van der Waals surface area contributed by atoms with E-state index in [1.165, 1.54) is 19.2 Å². The third-order valence-electron chi connectivity index (χ3n) is 3.09. The van der Waals surface area contributed by atoms with Crippen LogP contribution in [-0.4, -0.2) is 27.5 Å². The summed E-state index contributed by atoms with van der Waals surface area (Å²) in [6, 6.07) is 0. The highest BCUT2D eigenvalue weighted by atomic mass is 16.6. The van der Waals surface area contributed by atoms with E-state index < -0.39 is 4.92 Å². The largest absolute Gasteiger partial charge is 0.470 e. The zero-order chi connectivity index (χ0) is 15.7. The summed E-state index contributed by atoms with van der Waals surface area (Å²) in [5.74, 6) is 0.236. The van der Waals surface area contributed by atoms with Crippen LogP contribution in [0, 0.1) is 10.1 Å². The fraction of sp³-hybridized carbons (Fsp3) is 0.714. The molecule has 0 aliphatic rings. The molecule has 1 N–H and O–H groups in total. The molecule has 1 unspecified atom stereocenters. The second-order valence-electron chi connectivity index (χ2n) is 4.94. The van der Waals surface area contributed by atoms with Crippen LogP contribution < -0.4 is 10.1 Å². The van der Waals surface area contributed by atoms with Gasteiger partial charge in [-0.25, -0.2) is 4.98 Å². The van der Waals surface area contributed by atoms with Crippen molar-refractivity contribution in [3.63, 3.8) is 0 Å². The Morgan fingerprint density at radius 3 is 2.71 bits per heavy atom. The first-order chi connectivity index (χ1) is 10.1. The van der Waals surface area contributed by atoms with Gasteiger partial charge in [0.05, 0.1) is 11.0 Å². The van der Waals surface area contributed by atoms with Gasteiger partial charge in [-0.15, -0.1) is 0 Å². The Kier molecular flexibility index (Phi) is 7.42. The molecule has 21 heavy (non-hydrogen) atoms. The molecule has 0 aliphatic carbocycles. The van der Waals surface area contributed by atoms with Crippen LogP contribution in [0.15, 0.2) is 6.33 Å². The Morgan fingerprint density at radius 1 is 1.33 bits per heavy atom. The lowest BCUT2D eigenvalue weighted by molar-refractivity contribution is -0.385. The van der Waals surface area contributed by atoms with Gasteiger partial charge < -0.3 is 10.1 Å². The molecule has 0 radical (unpaired) electrons. The first-order valence-corrected chi connectivity index (χ1v) is 7.50. The molecule has 1 rings (SSSR count). The summed E-state index contributed by atoms with van der Waals surface area (Å²) >= 11 is 0. The van der Waals surface area contributed by atoms with Crippen LogP contribution in [0.5, 0.6) is 5.88 Å². The molecule has 118 valence electrons. The Labute approximate surface area is 125 Å². The van der Waals surface area contributed by atoms with E-state index in [0.717, 1.165) is 19.3 Å². The molecule has 0 amide bonds. The summed E-state index contributed by atoms with van der Waals surface area (Å²) in [7, 11) is 0. The van der Waals surface area contributed by atoms with E-state index in [1.54, 1.807) is 0 Å². The van der Waals surface area contributed by atoms with Crippen molar-refractivity contribution in [3.8, 4) is 5.88 Å². The number of nitrogens with zero attached hydrogens (tertiary/aromatic N) is 3. The van der Waals surface area contributed by atoms with E-state index in [-0.39, 0.29) is 23.5 Å². The molecule has 0 fully saturated rings. The normalized spacial score (nSPS) is 12.0. The van der Waals surface area contributed by atoms with Gasteiger partial charge in [-0.2, -0.15) is 4.98 Å². The molecule has 0 aromatic carbocycles. The lowest BCUT2D eigenvalue weighted by Crippen LogP contribution is -2.15. The summed E-state index contributed by atoms with van der Waals surface area (Å²) < 4.78 is 5.64. The lowest BCUT2D eigenvalue weighted by Gasteiger charge is -2.14. The number of anilines is 1. The van der Waals surface area contributed by atoms with Crippen LogP contribution in [0.4, 0.5) is 11.5 Å². The third-order valence-corrected chi connectivity index (χ3v) is 3.09. The van der Waals surface area contributed by atoms with E-state index in [0.29, 0.717) is 6.54 Å². The molecule has 0 bridgehead atoms. The number of rotatable bonds is 10. The third kappa shape index (κ3) is 5.53. The van der Waals surface area contributed by atoms with Crippen LogP contribution in [0.25, 0.3) is 0 Å². The predicted molar refractivity (Wildman–Crippen MR) is 81.7 cm³/mol. The van der Waals surface area contributed by atoms with Crippen LogP contribution in [-0.2, 0) is 0 Å². The Balaban J connectivity index is 2.73. The van der Waals surface area contributed by atoms with Gasteiger partial charge in [0.2, 0.25) is 5.82 Å². The van der Waals surface area contributed by atoms with Crippen molar-refractivity contribution in [2.45, 2.75) is 59.0 Å². The fourth-order valence-electron chi connectivity index (χ4n) is 2.02. The number of nitro groups is 1. The standard InChI is InChI=1S/C14H24N4O3/c1-4-6-7-8-9-11(3)21-14-12(18(19)20)13(15-5-2)16-10-17-14/h10-11H,4-9H2,1-3H3,(H,15,16,17). The van der Waals surface area contributed by atoms with Crippen LogP contribution in [0.1, 0.15) is 52.9 Å². The monoisotopic (exact) mass is 296 g/mol. The Hall–Kier alpha value is -1.92. The number of ether oxygens (including phenoxy) is 1. The van der Waals surface area contributed by atoms with Crippen molar-refractivity contribution in [1.82, 2.24) is 9.97 Å². The van der Waals surface area contributed by atoms with Crippen LogP contribution in [0.3, 0.4) is 0 Å². The number of hydrogen-bond donors (Lipinski definition) is 1. The highest BCUT2D eigenvalue weighted by molar-refractivity contribution is 5.61. The molecule has 0 saturated carbocycles. The molecular weight excluding hydrogens is 272 g/mol. The second kappa shape index (κ2) is 9.10. The zero-order valence-electron chi connectivity index (χ0n) is 13.0. The van der Waals surface area contributed by atoms with E-state index >= 15 is 0 Å². The molecule has 0 saturated heterocycles. The SMILES string of the molecule is CCCCCCC(C)Oc1ncnc(NCC)c1[N+](=O)[O-]. The first kappa shape index (κ1) is 17.1. The summed E-state index contributed by atoms with van der Waals surface area (Å²) in [5, 5.41) is 14.1. The van der Waals surface area contributed by atoms with E-state index in [4.69, 9.17) is 4.74 Å². The molecule has 1 aromatic rings. The zero-order valence-corrected chi connectivity index (χ0v) is 13.0. The van der Waals surface area contributed by atoms with Crippen LogP contribution in [0.2, 0.25) is 0 Å². The van der Waals surface area contributed by atoms with Gasteiger partial charge in [0, 0.05) is 6.54 Å². The summed E-state index contributed by atoms with van der Waals surface area (Å²) in [4.78, 5) is 18.5. The number of aromatic nitrogens is 2. The van der Waals surface area contributed by atoms with Crippen molar-refractivity contribution in [3.05, 3.63) is 16.4 Å². The average Bonchev–Trinajstić information content (AvgIpc) is 2.44. The maximum atomic E-state index is 11.2. The van der Waals surface area contributed by atoms with Crippen molar-refractivity contribution in [2.75, 3.05) is 11.9 Å². The minimum atomic E-state index is -0.503. The average molecular weight is 296 g/mol. The van der Waals surface area contributed by atoms with E-state index in [9.17, 15) is 10.1 Å². The molecule has 0 spiro atoms. The van der Waals surface area contributed by atoms with E-state index in [1.807, 2.05) is 13.8 Å². The minimum Gasteiger partial charge on any atom is -0.470 e. The van der Waals surface area contributed by atoms with Gasteiger partial charge in [-0.05, 0) is 26.7 Å². The minimum absolute atomic E-state index is 0.0361. The highest BCUT2D eigenvalue weighted by Gasteiger charge is 2.25. The van der Waals surface area contributed by atoms with Crippen molar-refractivity contribution < 1.29 is 9.66 Å². The van der Waals surface area contributed by atoms with Gasteiger partial charge in [-0.3, -0.25) is 10.1 Å². The molecule has 7 nitrogen and oxygen atoms in total. The first-order valence-electron chi connectivity index (χ1n) is 7.50. The fourth-order valence-corrected chi connectivity index (χ4v) is 2.02. The Morgan fingerprint density at radius 2 is 2.10 bits per heavy atom. The quantitative estimate of drug-likeness (QED) is 0.403. The van der Waals surface area contributed by atoms with Gasteiger partial charge >= 0.3 is 5.69 Å². The molecule has 7 heteroatoms. The van der Waals surface area contributed by atoms with Crippen LogP contribution >= 0.6 is 0 Å². The van der Waals surface area contributed by atoms with Crippen molar-refractivity contribution in [2.24, 2.45) is 0 Å². The molecule has 1 heterocycles. The Bertz CT molecular complexity index is 454. The summed E-state index contributed by atoms with van der Waals surface area (Å²) in [6.45, 7) is 6.46. The molecular formula is C14H24N4O3. The summed E-state index contributed by atoms with van der Waals surface area (Å²) in [5.41, 5.74) is -0.195. The number of unbranched alkanes of at least 4 members (excludes halogenated alkanes) is 3. The summed E-state index contributed by atoms with van der Waals surface area (Å²) in [6.07, 6.45) is 6.61. The van der Waals surface area contributed by atoms with Gasteiger partial charge in [0.15, 0.2) is 0 Å². The van der Waals surface area contributed by atoms with Gasteiger partial charge in [0.1, 0.15) is 6.33 Å². The molecule has 1 aromatic heterocycles.